The summed E-state index contributed by atoms with van der Waals surface area (Å²) in [6.45, 7) is 8.56. The smallest absolute Gasteiger partial charge is 0.135 e. The second-order valence-corrected chi connectivity index (χ2v) is 5.09. The Balaban J connectivity index is 3.22. The number of hydrogen-bond donors (Lipinski definition) is 0. The lowest BCUT2D eigenvalue weighted by Gasteiger charge is -2.07. The first kappa shape index (κ1) is 14.7. The van der Waals surface area contributed by atoms with Crippen molar-refractivity contribution in [3.8, 4) is 0 Å². The molecule has 1 nitrogen and oxygen atoms in total. The third-order valence-corrected chi connectivity index (χ3v) is 3.21. The molecule has 15 heavy (non-hydrogen) atoms. The van der Waals surface area contributed by atoms with Crippen LogP contribution in [0.3, 0.4) is 0 Å². The molecule has 0 fully saturated rings. The maximum Gasteiger partial charge on any atom is 0.135 e. The molecule has 0 aromatic rings. The zero-order chi connectivity index (χ0) is 11.7. The summed E-state index contributed by atoms with van der Waals surface area (Å²) in [7, 11) is 0. The van der Waals surface area contributed by atoms with Crippen molar-refractivity contribution in [2.75, 3.05) is 0 Å². The fraction of sp³-hybridized carbons (Fsp3) is 0.929. The van der Waals surface area contributed by atoms with Gasteiger partial charge < -0.3 is 0 Å². The molecule has 0 amide bonds. The lowest BCUT2D eigenvalue weighted by atomic mass is 9.98. The van der Waals surface area contributed by atoms with Crippen LogP contribution in [0.1, 0.15) is 72.6 Å². The molecular formula is C14H28O. The van der Waals surface area contributed by atoms with Gasteiger partial charge in [0.2, 0.25) is 0 Å². The molecule has 0 aliphatic rings. The van der Waals surface area contributed by atoms with Gasteiger partial charge in [0.15, 0.2) is 0 Å². The van der Waals surface area contributed by atoms with Crippen LogP contribution in [-0.4, -0.2) is 5.78 Å². The van der Waals surface area contributed by atoms with Gasteiger partial charge in [-0.15, -0.1) is 0 Å². The summed E-state index contributed by atoms with van der Waals surface area (Å²) < 4.78 is 0. The van der Waals surface area contributed by atoms with Crippen molar-refractivity contribution in [2.45, 2.75) is 72.6 Å². The van der Waals surface area contributed by atoms with E-state index in [1.165, 1.54) is 32.1 Å². The minimum Gasteiger partial charge on any atom is -0.299 e. The summed E-state index contributed by atoms with van der Waals surface area (Å²) >= 11 is 0. The van der Waals surface area contributed by atoms with Crippen molar-refractivity contribution in [2.24, 2.45) is 11.8 Å². The quantitative estimate of drug-likeness (QED) is 0.511. The Hall–Kier alpha value is -0.330. The second kappa shape index (κ2) is 8.94. The highest BCUT2D eigenvalue weighted by Gasteiger charge is 2.06. The van der Waals surface area contributed by atoms with Crippen LogP contribution >= 0.6 is 0 Å². The van der Waals surface area contributed by atoms with E-state index in [9.17, 15) is 4.79 Å². The first-order valence-electron chi connectivity index (χ1n) is 6.60. The summed E-state index contributed by atoms with van der Waals surface area (Å²) in [5, 5.41) is 0. The van der Waals surface area contributed by atoms with Gasteiger partial charge in [0.1, 0.15) is 5.78 Å². The van der Waals surface area contributed by atoms with E-state index in [0.717, 1.165) is 18.8 Å². The van der Waals surface area contributed by atoms with Crippen LogP contribution < -0.4 is 0 Å². The Morgan fingerprint density at radius 3 is 2.13 bits per heavy atom. The minimum atomic E-state index is 0.227. The van der Waals surface area contributed by atoms with E-state index < -0.39 is 0 Å². The van der Waals surface area contributed by atoms with Crippen LogP contribution in [0.4, 0.5) is 0 Å². The zero-order valence-electron chi connectivity index (χ0n) is 11.0. The minimum absolute atomic E-state index is 0.227. The topological polar surface area (TPSA) is 17.1 Å². The van der Waals surface area contributed by atoms with Crippen molar-refractivity contribution in [1.29, 1.82) is 0 Å². The maximum atomic E-state index is 11.3. The second-order valence-electron chi connectivity index (χ2n) is 5.09. The van der Waals surface area contributed by atoms with Crippen LogP contribution in [0, 0.1) is 11.8 Å². The van der Waals surface area contributed by atoms with Crippen LogP contribution in [0.2, 0.25) is 0 Å². The average molecular weight is 212 g/mol. The van der Waals surface area contributed by atoms with Gasteiger partial charge in [-0.2, -0.15) is 0 Å². The number of ketones is 1. The molecule has 0 aliphatic heterocycles. The van der Waals surface area contributed by atoms with Gasteiger partial charge in [-0.25, -0.2) is 0 Å². The van der Waals surface area contributed by atoms with Gasteiger partial charge in [-0.1, -0.05) is 59.8 Å². The summed E-state index contributed by atoms with van der Waals surface area (Å²) in [4.78, 5) is 11.3. The number of Topliss-reactive ketones (excluding diaryl/α,β-unsaturated/α-hetero) is 1. The van der Waals surface area contributed by atoms with E-state index in [0.29, 0.717) is 5.78 Å². The SMILES string of the molecule is CCC(C)CCCCCCC(=O)C(C)C. The van der Waals surface area contributed by atoms with Crippen LogP contribution in [-0.2, 0) is 4.79 Å². The monoisotopic (exact) mass is 212 g/mol. The Kier molecular flexibility index (Phi) is 8.74. The molecule has 0 saturated carbocycles. The zero-order valence-corrected chi connectivity index (χ0v) is 11.0. The summed E-state index contributed by atoms with van der Waals surface area (Å²) in [5.41, 5.74) is 0. The highest BCUT2D eigenvalue weighted by Crippen LogP contribution is 2.14. The Morgan fingerprint density at radius 2 is 1.60 bits per heavy atom. The molecule has 1 heteroatoms. The molecule has 0 N–H and O–H groups in total. The van der Waals surface area contributed by atoms with Crippen molar-refractivity contribution >= 4 is 5.78 Å². The Labute approximate surface area is 95.6 Å². The van der Waals surface area contributed by atoms with Crippen molar-refractivity contribution in [3.05, 3.63) is 0 Å². The van der Waals surface area contributed by atoms with Crippen molar-refractivity contribution in [1.82, 2.24) is 0 Å². The average Bonchev–Trinajstić information content (AvgIpc) is 2.22. The highest BCUT2D eigenvalue weighted by molar-refractivity contribution is 5.80. The van der Waals surface area contributed by atoms with E-state index >= 15 is 0 Å². The third kappa shape index (κ3) is 8.65. The Bertz CT molecular complexity index is 161. The van der Waals surface area contributed by atoms with Gasteiger partial charge in [0.25, 0.3) is 0 Å². The van der Waals surface area contributed by atoms with Crippen LogP contribution in [0.5, 0.6) is 0 Å². The van der Waals surface area contributed by atoms with Crippen molar-refractivity contribution in [3.63, 3.8) is 0 Å². The molecule has 0 aliphatic carbocycles. The predicted octanol–water partition coefficient (Wildman–Crippen LogP) is 4.60. The largest absolute Gasteiger partial charge is 0.299 e. The molecule has 0 spiro atoms. The van der Waals surface area contributed by atoms with Gasteiger partial charge in [0, 0.05) is 12.3 Å². The summed E-state index contributed by atoms with van der Waals surface area (Å²) in [6.07, 6.45) is 8.41. The normalized spacial score (nSPS) is 13.1. The van der Waals surface area contributed by atoms with Gasteiger partial charge in [-0.05, 0) is 12.3 Å². The fourth-order valence-electron chi connectivity index (χ4n) is 1.64. The van der Waals surface area contributed by atoms with Crippen LogP contribution in [0.25, 0.3) is 0 Å². The Morgan fingerprint density at radius 1 is 1.00 bits per heavy atom. The number of carbonyl (C=O) groups excluding carboxylic acids is 1. The van der Waals surface area contributed by atoms with E-state index in [1.807, 2.05) is 13.8 Å². The summed E-state index contributed by atoms with van der Waals surface area (Å²) in [6, 6.07) is 0. The molecule has 0 aromatic heterocycles. The van der Waals surface area contributed by atoms with E-state index in [2.05, 4.69) is 13.8 Å². The first-order chi connectivity index (χ1) is 7.07. The molecule has 1 unspecified atom stereocenters. The van der Waals surface area contributed by atoms with Gasteiger partial charge in [-0.3, -0.25) is 4.79 Å². The van der Waals surface area contributed by atoms with Crippen molar-refractivity contribution < 1.29 is 4.79 Å². The molecule has 0 rings (SSSR count). The molecule has 0 radical (unpaired) electrons. The maximum absolute atomic E-state index is 11.3. The lowest BCUT2D eigenvalue weighted by Crippen LogP contribution is -2.06. The highest BCUT2D eigenvalue weighted by atomic mass is 16.1. The summed E-state index contributed by atoms with van der Waals surface area (Å²) in [5.74, 6) is 1.53. The number of rotatable bonds is 9. The lowest BCUT2D eigenvalue weighted by molar-refractivity contribution is -0.122. The number of hydrogen-bond acceptors (Lipinski definition) is 1. The molecular weight excluding hydrogens is 184 g/mol. The van der Waals surface area contributed by atoms with E-state index in [1.54, 1.807) is 0 Å². The third-order valence-electron chi connectivity index (χ3n) is 3.21. The fourth-order valence-corrected chi connectivity index (χ4v) is 1.64. The van der Waals surface area contributed by atoms with E-state index in [4.69, 9.17) is 0 Å². The van der Waals surface area contributed by atoms with Gasteiger partial charge in [0.05, 0.1) is 0 Å². The molecule has 0 bridgehead atoms. The molecule has 1 atom stereocenters. The molecule has 0 aromatic carbocycles. The van der Waals surface area contributed by atoms with Gasteiger partial charge >= 0.3 is 0 Å². The number of carbonyl (C=O) groups is 1. The van der Waals surface area contributed by atoms with E-state index in [-0.39, 0.29) is 5.92 Å². The molecule has 90 valence electrons. The number of unbranched alkanes of at least 4 members (excludes halogenated alkanes) is 3. The first-order valence-corrected chi connectivity index (χ1v) is 6.60. The molecule has 0 heterocycles. The standard InChI is InChI=1S/C14H28O/c1-5-13(4)10-8-6-7-9-11-14(15)12(2)3/h12-13H,5-11H2,1-4H3. The molecule has 0 saturated heterocycles. The van der Waals surface area contributed by atoms with Crippen LogP contribution in [0.15, 0.2) is 0 Å². The predicted molar refractivity (Wildman–Crippen MR) is 67.0 cm³/mol.